The number of rotatable bonds is 8. The molecule has 0 fully saturated rings. The van der Waals surface area contributed by atoms with Gasteiger partial charge in [-0.2, -0.15) is 0 Å². The van der Waals surface area contributed by atoms with Gasteiger partial charge in [0.25, 0.3) is 5.91 Å². The van der Waals surface area contributed by atoms with Gasteiger partial charge in [0.15, 0.2) is 0 Å². The fourth-order valence-corrected chi connectivity index (χ4v) is 4.00. The molecule has 4 rings (SSSR count). The first-order valence-electron chi connectivity index (χ1n) is 11.4. The highest BCUT2D eigenvalue weighted by Crippen LogP contribution is 2.30. The Balaban J connectivity index is 1.71. The molecule has 0 heterocycles. The summed E-state index contributed by atoms with van der Waals surface area (Å²) in [5.74, 6) is 0.393. The van der Waals surface area contributed by atoms with Crippen LogP contribution in [0.2, 0.25) is 0 Å². The number of para-hydroxylation sites is 1. The second-order valence-corrected chi connectivity index (χ2v) is 8.53. The van der Waals surface area contributed by atoms with Gasteiger partial charge in [-0.15, -0.1) is 0 Å². The summed E-state index contributed by atoms with van der Waals surface area (Å²) in [6, 6.07) is 38.1. The lowest BCUT2D eigenvalue weighted by Gasteiger charge is -2.33. The summed E-state index contributed by atoms with van der Waals surface area (Å²) in [4.78, 5) is 16.0. The first-order valence-corrected chi connectivity index (χ1v) is 11.4. The number of nitrogens with zero attached hydrogens (tertiary/aromatic N) is 1. The molecule has 0 aliphatic heterocycles. The monoisotopic (exact) mass is 434 g/mol. The normalized spacial score (nSPS) is 11.7. The maximum absolute atomic E-state index is 13.8. The quantitative estimate of drug-likeness (QED) is 0.318. The molecule has 0 bridgehead atoms. The van der Waals surface area contributed by atoms with Crippen LogP contribution >= 0.6 is 0 Å². The van der Waals surface area contributed by atoms with Crippen molar-refractivity contribution in [3.05, 3.63) is 132 Å². The van der Waals surface area contributed by atoms with Gasteiger partial charge in [0.2, 0.25) is 0 Å². The third-order valence-electron chi connectivity index (χ3n) is 5.80. The largest absolute Gasteiger partial charge is 0.352 e. The van der Waals surface area contributed by atoms with Gasteiger partial charge in [-0.1, -0.05) is 105 Å². The van der Waals surface area contributed by atoms with Gasteiger partial charge in [0, 0.05) is 17.9 Å². The van der Waals surface area contributed by atoms with Crippen LogP contribution in [0.15, 0.2) is 115 Å². The molecule has 1 N–H and O–H groups in total. The Labute approximate surface area is 196 Å². The molecule has 166 valence electrons. The minimum absolute atomic E-state index is 0.0571. The van der Waals surface area contributed by atoms with Crippen molar-refractivity contribution < 1.29 is 4.79 Å². The van der Waals surface area contributed by atoms with Crippen LogP contribution in [-0.4, -0.2) is 5.91 Å². The second-order valence-electron chi connectivity index (χ2n) is 8.53. The van der Waals surface area contributed by atoms with E-state index in [9.17, 15) is 4.79 Å². The minimum atomic E-state index is -0.487. The van der Waals surface area contributed by atoms with Gasteiger partial charge >= 0.3 is 0 Å². The Morgan fingerprint density at radius 3 is 1.82 bits per heavy atom. The molecule has 4 aromatic rings. The van der Waals surface area contributed by atoms with E-state index in [4.69, 9.17) is 0 Å². The van der Waals surface area contributed by atoms with E-state index in [1.807, 2.05) is 78.9 Å². The average Bonchev–Trinajstić information content (AvgIpc) is 2.86. The molecule has 0 saturated heterocycles. The zero-order valence-corrected chi connectivity index (χ0v) is 19.2. The number of nitrogens with one attached hydrogen (secondary N) is 1. The first kappa shape index (κ1) is 22.3. The Kier molecular flexibility index (Phi) is 7.21. The van der Waals surface area contributed by atoms with E-state index in [0.29, 0.717) is 12.5 Å². The lowest BCUT2D eigenvalue weighted by atomic mass is 10.0. The molecule has 4 aromatic carbocycles. The maximum Gasteiger partial charge on any atom is 0.251 e. The van der Waals surface area contributed by atoms with E-state index >= 15 is 0 Å². The van der Waals surface area contributed by atoms with Crippen LogP contribution in [0.5, 0.6) is 0 Å². The zero-order chi connectivity index (χ0) is 23.0. The number of hydrogen-bond donors (Lipinski definition) is 1. The minimum Gasteiger partial charge on any atom is -0.352 e. The van der Waals surface area contributed by atoms with Gasteiger partial charge in [0.05, 0.1) is 0 Å². The molecule has 0 aliphatic rings. The molecule has 3 nitrogen and oxygen atoms in total. The van der Waals surface area contributed by atoms with Gasteiger partial charge in [-0.05, 0) is 46.9 Å². The van der Waals surface area contributed by atoms with Crippen molar-refractivity contribution in [3.63, 3.8) is 0 Å². The highest BCUT2D eigenvalue weighted by molar-refractivity contribution is 5.97. The van der Waals surface area contributed by atoms with E-state index in [2.05, 4.69) is 60.5 Å². The summed E-state index contributed by atoms with van der Waals surface area (Å²) in [5, 5.41) is 3.16. The molecule has 0 spiro atoms. The summed E-state index contributed by atoms with van der Waals surface area (Å²) in [6.07, 6.45) is 0. The molecule has 0 aliphatic carbocycles. The molecule has 0 radical (unpaired) electrons. The van der Waals surface area contributed by atoms with Gasteiger partial charge in [-0.3, -0.25) is 4.79 Å². The lowest BCUT2D eigenvalue weighted by Crippen LogP contribution is -2.37. The van der Waals surface area contributed by atoms with Crippen molar-refractivity contribution in [2.45, 2.75) is 32.4 Å². The molecule has 33 heavy (non-hydrogen) atoms. The van der Waals surface area contributed by atoms with Crippen molar-refractivity contribution in [3.8, 4) is 0 Å². The molecule has 0 unspecified atom stereocenters. The Bertz CT molecular complexity index is 1140. The average molecular weight is 435 g/mol. The van der Waals surface area contributed by atoms with Crippen molar-refractivity contribution in [1.29, 1.82) is 0 Å². The van der Waals surface area contributed by atoms with Crippen LogP contribution in [0.3, 0.4) is 0 Å². The molecular formula is C30H30N2O. The molecule has 1 amide bonds. The molecule has 3 heteroatoms. The van der Waals surface area contributed by atoms with Gasteiger partial charge in [-0.25, -0.2) is 0 Å². The highest BCUT2D eigenvalue weighted by Gasteiger charge is 2.28. The number of anilines is 2. The van der Waals surface area contributed by atoms with E-state index in [1.54, 1.807) is 0 Å². The van der Waals surface area contributed by atoms with Crippen LogP contribution < -0.4 is 10.2 Å². The van der Waals surface area contributed by atoms with E-state index in [0.717, 1.165) is 22.5 Å². The van der Waals surface area contributed by atoms with Crippen LogP contribution in [0.25, 0.3) is 0 Å². The van der Waals surface area contributed by atoms with E-state index in [-0.39, 0.29) is 5.91 Å². The topological polar surface area (TPSA) is 32.3 Å². The SMILES string of the molecule is CC(C)c1ccc(NC(=O)[C@@H](c2ccccc2)N(Cc2ccccc2)c2ccccc2)cc1. The molecular weight excluding hydrogens is 404 g/mol. The van der Waals surface area contributed by atoms with Crippen molar-refractivity contribution >= 4 is 17.3 Å². The Morgan fingerprint density at radius 2 is 1.24 bits per heavy atom. The van der Waals surface area contributed by atoms with Crippen molar-refractivity contribution in [2.75, 3.05) is 10.2 Å². The number of carbonyl (C=O) groups excluding carboxylic acids is 1. The third-order valence-corrected chi connectivity index (χ3v) is 5.80. The van der Waals surface area contributed by atoms with Crippen LogP contribution in [-0.2, 0) is 11.3 Å². The van der Waals surface area contributed by atoms with E-state index < -0.39 is 6.04 Å². The van der Waals surface area contributed by atoms with Crippen LogP contribution in [0, 0.1) is 0 Å². The maximum atomic E-state index is 13.8. The third kappa shape index (κ3) is 5.69. The van der Waals surface area contributed by atoms with Crippen molar-refractivity contribution in [1.82, 2.24) is 0 Å². The van der Waals surface area contributed by atoms with Gasteiger partial charge in [0.1, 0.15) is 6.04 Å². The molecule has 0 aromatic heterocycles. The summed E-state index contributed by atoms with van der Waals surface area (Å²) in [5.41, 5.74) is 5.16. The smallest absolute Gasteiger partial charge is 0.251 e. The summed E-state index contributed by atoms with van der Waals surface area (Å²) < 4.78 is 0. The number of carbonyl (C=O) groups is 1. The second kappa shape index (κ2) is 10.6. The number of hydrogen-bond acceptors (Lipinski definition) is 2. The summed E-state index contributed by atoms with van der Waals surface area (Å²) >= 11 is 0. The van der Waals surface area contributed by atoms with Crippen LogP contribution in [0.1, 0.15) is 42.5 Å². The molecule has 0 saturated carbocycles. The zero-order valence-electron chi connectivity index (χ0n) is 19.2. The fraction of sp³-hybridized carbons (Fsp3) is 0.167. The predicted octanol–water partition coefficient (Wildman–Crippen LogP) is 7.20. The molecule has 1 atom stereocenters. The predicted molar refractivity (Wildman–Crippen MR) is 137 cm³/mol. The fourth-order valence-electron chi connectivity index (χ4n) is 4.00. The highest BCUT2D eigenvalue weighted by atomic mass is 16.2. The standard InChI is InChI=1S/C30H30N2O/c1-23(2)25-18-20-27(21-19-25)31-30(33)29(26-14-8-4-9-15-26)32(28-16-10-5-11-17-28)22-24-12-6-3-7-13-24/h3-21,23,29H,22H2,1-2H3,(H,31,33)/t29-/m1/s1. The Hall–Kier alpha value is -3.85. The van der Waals surface area contributed by atoms with E-state index in [1.165, 1.54) is 5.56 Å². The summed E-state index contributed by atoms with van der Waals surface area (Å²) in [6.45, 7) is 4.95. The summed E-state index contributed by atoms with van der Waals surface area (Å²) in [7, 11) is 0. The van der Waals surface area contributed by atoms with Crippen molar-refractivity contribution in [2.24, 2.45) is 0 Å². The lowest BCUT2D eigenvalue weighted by molar-refractivity contribution is -0.117. The number of amides is 1. The van der Waals surface area contributed by atoms with Gasteiger partial charge < -0.3 is 10.2 Å². The van der Waals surface area contributed by atoms with Crippen LogP contribution in [0.4, 0.5) is 11.4 Å². The Morgan fingerprint density at radius 1 is 0.697 bits per heavy atom. The first-order chi connectivity index (χ1) is 16.1. The number of benzene rings is 4.